The van der Waals surface area contributed by atoms with E-state index in [1.165, 1.54) is 25.7 Å². The summed E-state index contributed by atoms with van der Waals surface area (Å²) in [7, 11) is 0. The van der Waals surface area contributed by atoms with E-state index in [2.05, 4.69) is 109 Å². The van der Waals surface area contributed by atoms with Gasteiger partial charge in [-0.25, -0.2) is 9.97 Å². The molecule has 10 aromatic rings. The number of fused-ring (bicyclic) bond motifs is 9. The van der Waals surface area contributed by atoms with E-state index in [1.807, 2.05) is 29.5 Å². The smallest absolute Gasteiger partial charge is 0.180 e. The second-order valence-electron chi connectivity index (χ2n) is 11.4. The minimum atomic E-state index is 0.684. The molecule has 0 amide bonds. The molecule has 0 saturated heterocycles. The number of aromatic nitrogens is 2. The molecule has 4 aromatic heterocycles. The highest BCUT2D eigenvalue weighted by molar-refractivity contribution is 7.26. The topological polar surface area (TPSA) is 52.1 Å². The first-order chi connectivity index (χ1) is 22.3. The molecule has 0 saturated carbocycles. The summed E-state index contributed by atoms with van der Waals surface area (Å²) in [4.78, 5) is 9.44. The third-order valence-corrected chi connectivity index (χ3v) is 10.0. The molecule has 0 radical (unpaired) electrons. The maximum absolute atomic E-state index is 6.48. The van der Waals surface area contributed by atoms with Gasteiger partial charge in [-0.1, -0.05) is 97.1 Å². The molecule has 0 bridgehead atoms. The average Bonchev–Trinajstić information content (AvgIpc) is 3.79. The Bertz CT molecular complexity index is 2780. The van der Waals surface area contributed by atoms with Crippen LogP contribution in [-0.2, 0) is 0 Å². The molecule has 5 heteroatoms. The number of furan rings is 2. The average molecular weight is 595 g/mol. The lowest BCUT2D eigenvalue weighted by atomic mass is 9.99. The molecule has 0 fully saturated rings. The van der Waals surface area contributed by atoms with Gasteiger partial charge >= 0.3 is 0 Å². The van der Waals surface area contributed by atoms with Crippen LogP contribution in [0.3, 0.4) is 0 Å². The Labute approximate surface area is 260 Å². The van der Waals surface area contributed by atoms with Gasteiger partial charge in [0.2, 0.25) is 0 Å². The summed E-state index contributed by atoms with van der Waals surface area (Å²) in [5.74, 6) is 0. The van der Waals surface area contributed by atoms with Crippen LogP contribution >= 0.6 is 11.3 Å². The third-order valence-electron chi connectivity index (χ3n) is 8.82. The Hall–Kier alpha value is -5.78. The van der Waals surface area contributed by atoms with Crippen molar-refractivity contribution in [2.24, 2.45) is 0 Å². The number of hydrogen-bond donors (Lipinski definition) is 0. The summed E-state index contributed by atoms with van der Waals surface area (Å²) in [6, 6.07) is 44.5. The van der Waals surface area contributed by atoms with Gasteiger partial charge in [-0.15, -0.1) is 11.3 Å². The lowest BCUT2D eigenvalue weighted by molar-refractivity contribution is 0.667. The molecule has 0 atom stereocenters. The zero-order chi connectivity index (χ0) is 29.5. The molecule has 0 aliphatic carbocycles. The van der Waals surface area contributed by atoms with Crippen molar-refractivity contribution in [3.05, 3.63) is 134 Å². The summed E-state index contributed by atoms with van der Waals surface area (Å²) < 4.78 is 15.4. The molecule has 0 aliphatic heterocycles. The lowest BCUT2D eigenvalue weighted by Gasteiger charge is -2.06. The van der Waals surface area contributed by atoms with E-state index >= 15 is 0 Å². The highest BCUT2D eigenvalue weighted by Crippen LogP contribution is 2.42. The van der Waals surface area contributed by atoms with Gasteiger partial charge in [-0.3, -0.25) is 0 Å². The van der Waals surface area contributed by atoms with Gasteiger partial charge in [0, 0.05) is 47.5 Å². The van der Waals surface area contributed by atoms with Crippen LogP contribution < -0.4 is 0 Å². The van der Waals surface area contributed by atoms with Crippen molar-refractivity contribution < 1.29 is 8.83 Å². The fourth-order valence-corrected chi connectivity index (χ4v) is 7.97. The molecule has 0 aliphatic rings. The SMILES string of the molecule is c1cc(-c2cccc3c2oc2ccccc23)cc(-c2ncnc3c2oc2ccc(-c4cccc5c4sc4ccccc45)cc23)c1. The van der Waals surface area contributed by atoms with Gasteiger partial charge in [0.15, 0.2) is 5.58 Å². The van der Waals surface area contributed by atoms with Crippen molar-refractivity contribution in [2.45, 2.75) is 0 Å². The van der Waals surface area contributed by atoms with Gasteiger partial charge in [-0.2, -0.15) is 0 Å². The number of para-hydroxylation sites is 2. The Morgan fingerprint density at radius 3 is 2.13 bits per heavy atom. The zero-order valence-corrected chi connectivity index (χ0v) is 24.6. The fraction of sp³-hybridized carbons (Fsp3) is 0. The van der Waals surface area contributed by atoms with E-state index in [0.29, 0.717) is 5.58 Å². The highest BCUT2D eigenvalue weighted by atomic mass is 32.1. The van der Waals surface area contributed by atoms with Gasteiger partial charge in [0.1, 0.15) is 34.3 Å². The Morgan fingerprint density at radius 1 is 0.467 bits per heavy atom. The zero-order valence-electron chi connectivity index (χ0n) is 23.8. The first kappa shape index (κ1) is 24.6. The number of benzene rings is 6. The summed E-state index contributed by atoms with van der Waals surface area (Å²) in [5, 5.41) is 5.79. The van der Waals surface area contributed by atoms with Gasteiger partial charge < -0.3 is 8.83 Å². The van der Waals surface area contributed by atoms with Crippen LogP contribution in [0.15, 0.2) is 143 Å². The summed E-state index contributed by atoms with van der Waals surface area (Å²) in [6.07, 6.45) is 1.64. The first-order valence-electron chi connectivity index (χ1n) is 14.9. The summed E-state index contributed by atoms with van der Waals surface area (Å²) >= 11 is 1.84. The fourth-order valence-electron chi connectivity index (χ4n) is 6.73. The Morgan fingerprint density at radius 2 is 1.18 bits per heavy atom. The molecule has 10 rings (SSSR count). The molecule has 4 nitrogen and oxygen atoms in total. The van der Waals surface area contributed by atoms with Gasteiger partial charge in [0.05, 0.1) is 0 Å². The maximum atomic E-state index is 6.48. The van der Waals surface area contributed by atoms with E-state index in [-0.39, 0.29) is 0 Å². The Balaban J connectivity index is 1.12. The quantitative estimate of drug-likeness (QED) is 0.204. The summed E-state index contributed by atoms with van der Waals surface area (Å²) in [6.45, 7) is 0. The predicted molar refractivity (Wildman–Crippen MR) is 186 cm³/mol. The van der Waals surface area contributed by atoms with E-state index in [4.69, 9.17) is 18.8 Å². The van der Waals surface area contributed by atoms with Crippen LogP contribution in [-0.4, -0.2) is 9.97 Å². The third kappa shape index (κ3) is 3.65. The molecule has 45 heavy (non-hydrogen) atoms. The number of hydrogen-bond acceptors (Lipinski definition) is 5. The molecular weight excluding hydrogens is 573 g/mol. The normalized spacial score (nSPS) is 12.0. The van der Waals surface area contributed by atoms with E-state index < -0.39 is 0 Å². The van der Waals surface area contributed by atoms with Crippen LogP contribution in [0.4, 0.5) is 0 Å². The maximum Gasteiger partial charge on any atom is 0.180 e. The molecule has 0 unspecified atom stereocenters. The van der Waals surface area contributed by atoms with Crippen LogP contribution in [0, 0.1) is 0 Å². The van der Waals surface area contributed by atoms with Gasteiger partial charge in [0.25, 0.3) is 0 Å². The summed E-state index contributed by atoms with van der Waals surface area (Å²) in [5.41, 5.74) is 10.2. The van der Waals surface area contributed by atoms with Crippen molar-refractivity contribution in [3.63, 3.8) is 0 Å². The number of thiophene rings is 1. The lowest BCUT2D eigenvalue weighted by Crippen LogP contribution is -1.88. The number of nitrogens with zero attached hydrogens (tertiary/aromatic N) is 2. The minimum absolute atomic E-state index is 0.684. The first-order valence-corrected chi connectivity index (χ1v) is 15.7. The minimum Gasteiger partial charge on any atom is -0.455 e. The van der Waals surface area contributed by atoms with E-state index in [1.54, 1.807) is 6.33 Å². The molecule has 6 aromatic carbocycles. The molecular formula is C40H22N2O2S. The largest absolute Gasteiger partial charge is 0.455 e. The Kier molecular flexibility index (Phi) is 5.12. The molecule has 0 spiro atoms. The van der Waals surface area contributed by atoms with Crippen LogP contribution in [0.1, 0.15) is 0 Å². The van der Waals surface area contributed by atoms with Crippen molar-refractivity contribution in [1.82, 2.24) is 9.97 Å². The van der Waals surface area contributed by atoms with E-state index in [9.17, 15) is 0 Å². The van der Waals surface area contributed by atoms with Crippen LogP contribution in [0.5, 0.6) is 0 Å². The molecule has 4 heterocycles. The van der Waals surface area contributed by atoms with E-state index in [0.717, 1.165) is 66.4 Å². The molecule has 0 N–H and O–H groups in total. The van der Waals surface area contributed by atoms with Crippen molar-refractivity contribution in [2.75, 3.05) is 0 Å². The highest BCUT2D eigenvalue weighted by Gasteiger charge is 2.18. The van der Waals surface area contributed by atoms with Crippen LogP contribution in [0.25, 0.3) is 97.7 Å². The van der Waals surface area contributed by atoms with Crippen molar-refractivity contribution >= 4 is 75.5 Å². The van der Waals surface area contributed by atoms with Gasteiger partial charge in [-0.05, 0) is 47.0 Å². The number of rotatable bonds is 3. The monoisotopic (exact) mass is 594 g/mol. The molecule has 210 valence electrons. The van der Waals surface area contributed by atoms with Crippen LogP contribution in [0.2, 0.25) is 0 Å². The van der Waals surface area contributed by atoms with Crippen molar-refractivity contribution in [3.8, 4) is 33.5 Å². The van der Waals surface area contributed by atoms with Crippen molar-refractivity contribution in [1.29, 1.82) is 0 Å². The standard InChI is InChI=1S/C40H22N2O2S/c1-3-16-33-28(10-1)30-14-6-12-26(38(30)43-33)23-8-5-9-25(20-23)36-39-37(42-22-41-36)32-21-24(18-19-34(32)44-39)27-13-7-15-31-29-11-2-4-17-35(29)45-40(27)31/h1-22H. The second kappa shape index (κ2) is 9.36. The second-order valence-corrected chi connectivity index (χ2v) is 12.4. The predicted octanol–water partition coefficient (Wildman–Crippen LogP) is 11.6.